The summed E-state index contributed by atoms with van der Waals surface area (Å²) in [5.41, 5.74) is 1.53. The molecule has 3 N–H and O–H groups in total. The van der Waals surface area contributed by atoms with Crippen LogP contribution in [-0.2, 0) is 20.7 Å². The normalized spacial score (nSPS) is 18.5. The number of esters is 1. The van der Waals surface area contributed by atoms with E-state index in [1.807, 2.05) is 0 Å². The number of carbonyl (C=O) groups excluding carboxylic acids is 2. The molecule has 128 valence electrons. The van der Waals surface area contributed by atoms with E-state index in [1.54, 1.807) is 12.3 Å². The SMILES string of the molecule is COC(=O)C(Cc1c[nH]c2ccc(F)cc12)NC(=O)C1CCCN1. The second-order valence-corrected chi connectivity index (χ2v) is 5.94. The second-order valence-electron chi connectivity index (χ2n) is 5.94. The summed E-state index contributed by atoms with van der Waals surface area (Å²) in [4.78, 5) is 27.4. The number of amides is 1. The molecule has 1 aliphatic heterocycles. The van der Waals surface area contributed by atoms with Crippen molar-refractivity contribution in [1.82, 2.24) is 15.6 Å². The highest BCUT2D eigenvalue weighted by Gasteiger charge is 2.28. The van der Waals surface area contributed by atoms with Crippen LogP contribution in [0.25, 0.3) is 10.9 Å². The Bertz CT molecular complexity index is 753. The van der Waals surface area contributed by atoms with E-state index in [2.05, 4.69) is 15.6 Å². The lowest BCUT2D eigenvalue weighted by Crippen LogP contribution is -2.49. The van der Waals surface area contributed by atoms with Gasteiger partial charge in [0.25, 0.3) is 0 Å². The van der Waals surface area contributed by atoms with Crippen molar-refractivity contribution in [2.75, 3.05) is 13.7 Å². The Kier molecular flexibility index (Phi) is 4.80. The molecular weight excluding hydrogens is 313 g/mol. The number of fused-ring (bicyclic) bond motifs is 1. The summed E-state index contributed by atoms with van der Waals surface area (Å²) in [6.45, 7) is 0.794. The first-order chi connectivity index (χ1) is 11.6. The number of rotatable bonds is 5. The van der Waals surface area contributed by atoms with Gasteiger partial charge in [-0.25, -0.2) is 9.18 Å². The van der Waals surface area contributed by atoms with E-state index >= 15 is 0 Å². The average Bonchev–Trinajstić information content (AvgIpc) is 3.23. The van der Waals surface area contributed by atoms with Crippen molar-refractivity contribution in [3.63, 3.8) is 0 Å². The molecular formula is C17H20FN3O3. The fourth-order valence-corrected chi connectivity index (χ4v) is 3.06. The molecule has 0 saturated carbocycles. The van der Waals surface area contributed by atoms with Crippen LogP contribution >= 0.6 is 0 Å². The smallest absolute Gasteiger partial charge is 0.328 e. The van der Waals surface area contributed by atoms with E-state index in [-0.39, 0.29) is 24.2 Å². The number of nitrogens with one attached hydrogen (secondary N) is 3. The second kappa shape index (κ2) is 7.00. The van der Waals surface area contributed by atoms with Crippen molar-refractivity contribution in [3.05, 3.63) is 35.8 Å². The Labute approximate surface area is 138 Å². The number of benzene rings is 1. The van der Waals surface area contributed by atoms with Gasteiger partial charge >= 0.3 is 5.97 Å². The zero-order chi connectivity index (χ0) is 17.1. The molecule has 2 unspecified atom stereocenters. The van der Waals surface area contributed by atoms with Gasteiger partial charge in [-0.3, -0.25) is 4.79 Å². The number of carbonyl (C=O) groups is 2. The molecule has 1 aliphatic rings. The minimum absolute atomic E-state index is 0.214. The van der Waals surface area contributed by atoms with Crippen LogP contribution in [0.1, 0.15) is 18.4 Å². The number of methoxy groups -OCH3 is 1. The number of aromatic nitrogens is 1. The lowest BCUT2D eigenvalue weighted by molar-refractivity contribution is -0.145. The molecule has 2 aromatic rings. The van der Waals surface area contributed by atoms with Crippen molar-refractivity contribution in [3.8, 4) is 0 Å². The van der Waals surface area contributed by atoms with Crippen molar-refractivity contribution in [1.29, 1.82) is 0 Å². The first-order valence-corrected chi connectivity index (χ1v) is 7.95. The Morgan fingerprint density at radius 3 is 3.00 bits per heavy atom. The molecule has 7 heteroatoms. The Morgan fingerprint density at radius 2 is 2.29 bits per heavy atom. The summed E-state index contributed by atoms with van der Waals surface area (Å²) < 4.78 is 18.3. The van der Waals surface area contributed by atoms with Crippen LogP contribution in [0.3, 0.4) is 0 Å². The summed E-state index contributed by atoms with van der Waals surface area (Å²) in [5, 5.41) is 6.53. The van der Waals surface area contributed by atoms with Crippen LogP contribution in [0, 0.1) is 5.82 Å². The molecule has 0 radical (unpaired) electrons. The van der Waals surface area contributed by atoms with Gasteiger partial charge in [-0.2, -0.15) is 0 Å². The summed E-state index contributed by atoms with van der Waals surface area (Å²) in [6.07, 6.45) is 3.63. The predicted octanol–water partition coefficient (Wildman–Crippen LogP) is 1.26. The Morgan fingerprint density at radius 1 is 1.46 bits per heavy atom. The maximum atomic E-state index is 13.5. The number of H-pyrrole nitrogens is 1. The van der Waals surface area contributed by atoms with E-state index in [0.29, 0.717) is 5.39 Å². The van der Waals surface area contributed by atoms with Gasteiger partial charge in [-0.15, -0.1) is 0 Å². The quantitative estimate of drug-likeness (QED) is 0.720. The first-order valence-electron chi connectivity index (χ1n) is 7.95. The highest BCUT2D eigenvalue weighted by Crippen LogP contribution is 2.21. The number of hydrogen-bond donors (Lipinski definition) is 3. The van der Waals surface area contributed by atoms with E-state index in [1.165, 1.54) is 19.2 Å². The van der Waals surface area contributed by atoms with Gasteiger partial charge in [0.15, 0.2) is 0 Å². The van der Waals surface area contributed by atoms with E-state index < -0.39 is 12.0 Å². The third-order valence-corrected chi connectivity index (χ3v) is 4.33. The zero-order valence-electron chi connectivity index (χ0n) is 13.4. The monoisotopic (exact) mass is 333 g/mol. The van der Waals surface area contributed by atoms with Crippen LogP contribution in [0.4, 0.5) is 4.39 Å². The molecule has 1 aromatic carbocycles. The van der Waals surface area contributed by atoms with E-state index in [9.17, 15) is 14.0 Å². The molecule has 3 rings (SSSR count). The highest BCUT2D eigenvalue weighted by molar-refractivity contribution is 5.89. The first kappa shape index (κ1) is 16.4. The molecule has 6 nitrogen and oxygen atoms in total. The maximum absolute atomic E-state index is 13.5. The number of ether oxygens (including phenoxy) is 1. The molecule has 1 fully saturated rings. The molecule has 0 aliphatic carbocycles. The summed E-state index contributed by atoms with van der Waals surface area (Å²) >= 11 is 0. The predicted molar refractivity (Wildman–Crippen MR) is 86.9 cm³/mol. The molecule has 24 heavy (non-hydrogen) atoms. The van der Waals surface area contributed by atoms with Crippen molar-refractivity contribution < 1.29 is 18.7 Å². The van der Waals surface area contributed by atoms with E-state index in [0.717, 1.165) is 30.5 Å². The highest BCUT2D eigenvalue weighted by atomic mass is 19.1. The van der Waals surface area contributed by atoms with Gasteiger partial charge in [0.05, 0.1) is 13.2 Å². The third kappa shape index (κ3) is 3.41. The molecule has 2 atom stereocenters. The van der Waals surface area contributed by atoms with Crippen molar-refractivity contribution in [2.24, 2.45) is 0 Å². The minimum Gasteiger partial charge on any atom is -0.467 e. The fraction of sp³-hybridized carbons (Fsp3) is 0.412. The lowest BCUT2D eigenvalue weighted by Gasteiger charge is -2.19. The van der Waals surface area contributed by atoms with Gasteiger partial charge in [0.2, 0.25) is 5.91 Å². The minimum atomic E-state index is -0.813. The summed E-state index contributed by atoms with van der Waals surface area (Å²) in [5.74, 6) is -1.09. The van der Waals surface area contributed by atoms with Gasteiger partial charge in [0, 0.05) is 23.5 Å². The zero-order valence-corrected chi connectivity index (χ0v) is 13.4. The lowest BCUT2D eigenvalue weighted by atomic mass is 10.0. The van der Waals surface area contributed by atoms with Crippen molar-refractivity contribution >= 4 is 22.8 Å². The molecule has 2 heterocycles. The van der Waals surface area contributed by atoms with Crippen molar-refractivity contribution in [2.45, 2.75) is 31.3 Å². The molecule has 1 aromatic heterocycles. The summed E-state index contributed by atoms with van der Waals surface area (Å²) in [6, 6.07) is 3.33. The van der Waals surface area contributed by atoms with Gasteiger partial charge in [-0.1, -0.05) is 0 Å². The molecule has 0 bridgehead atoms. The number of halogens is 1. The van der Waals surface area contributed by atoms with Gasteiger partial charge in [0.1, 0.15) is 11.9 Å². The fourth-order valence-electron chi connectivity index (χ4n) is 3.06. The largest absolute Gasteiger partial charge is 0.467 e. The number of aromatic amines is 1. The van der Waals surface area contributed by atoms with Gasteiger partial charge < -0.3 is 20.4 Å². The number of hydrogen-bond acceptors (Lipinski definition) is 4. The summed E-state index contributed by atoms with van der Waals surface area (Å²) in [7, 11) is 1.28. The van der Waals surface area contributed by atoms with Crippen LogP contribution in [0.15, 0.2) is 24.4 Å². The molecule has 1 amide bonds. The average molecular weight is 333 g/mol. The Hall–Kier alpha value is -2.41. The maximum Gasteiger partial charge on any atom is 0.328 e. The van der Waals surface area contributed by atoms with E-state index in [4.69, 9.17) is 4.74 Å². The van der Waals surface area contributed by atoms with Crippen LogP contribution in [-0.4, -0.2) is 42.6 Å². The van der Waals surface area contributed by atoms with Crippen LogP contribution in [0.5, 0.6) is 0 Å². The standard InChI is InChI=1S/C17H20FN3O3/c1-24-17(23)15(21-16(22)14-3-2-6-19-14)7-10-9-20-13-5-4-11(18)8-12(10)13/h4-5,8-9,14-15,19-20H,2-3,6-7H2,1H3,(H,21,22). The molecule has 1 saturated heterocycles. The topological polar surface area (TPSA) is 83.2 Å². The van der Waals surface area contributed by atoms with Crippen LogP contribution in [0.2, 0.25) is 0 Å². The third-order valence-electron chi connectivity index (χ3n) is 4.33. The van der Waals surface area contributed by atoms with Gasteiger partial charge in [-0.05, 0) is 43.1 Å². The molecule has 0 spiro atoms. The Balaban J connectivity index is 1.79. The van der Waals surface area contributed by atoms with Crippen LogP contribution < -0.4 is 10.6 Å².